The number of carbonyl (C=O) groups excluding carboxylic acids is 2. The van der Waals surface area contributed by atoms with Crippen LogP contribution in [0.3, 0.4) is 0 Å². The first-order chi connectivity index (χ1) is 12.2. The molecule has 0 unspecified atom stereocenters. The summed E-state index contributed by atoms with van der Waals surface area (Å²) in [5, 5.41) is 3.21. The second kappa shape index (κ2) is 7.06. The predicted molar refractivity (Wildman–Crippen MR) is 96.4 cm³/mol. The van der Waals surface area contributed by atoms with Gasteiger partial charge in [-0.05, 0) is 31.4 Å². The van der Waals surface area contributed by atoms with Crippen molar-refractivity contribution in [2.45, 2.75) is 50.6 Å². The number of nitrogens with one attached hydrogen (secondary N) is 1. The maximum absolute atomic E-state index is 12.7. The van der Waals surface area contributed by atoms with Gasteiger partial charge in [-0.3, -0.25) is 4.79 Å². The van der Waals surface area contributed by atoms with Crippen molar-refractivity contribution in [1.29, 1.82) is 0 Å². The van der Waals surface area contributed by atoms with Gasteiger partial charge in [0.1, 0.15) is 0 Å². The van der Waals surface area contributed by atoms with Crippen LogP contribution in [0, 0.1) is 5.92 Å². The van der Waals surface area contributed by atoms with E-state index in [1.54, 1.807) is 0 Å². The fraction of sp³-hybridized carbons (Fsp3) is 0.600. The zero-order chi connectivity index (χ0) is 17.2. The number of piperidine rings is 1. The Morgan fingerprint density at radius 1 is 0.960 bits per heavy atom. The first-order valence-corrected chi connectivity index (χ1v) is 9.64. The molecular formula is C20H27N3O2. The van der Waals surface area contributed by atoms with Gasteiger partial charge >= 0.3 is 6.03 Å². The van der Waals surface area contributed by atoms with Gasteiger partial charge in [0.2, 0.25) is 0 Å². The number of urea groups is 1. The molecular weight excluding hydrogens is 314 g/mol. The molecule has 1 aromatic carbocycles. The Balaban J connectivity index is 1.35. The maximum atomic E-state index is 12.7. The van der Waals surface area contributed by atoms with Crippen LogP contribution in [-0.2, 0) is 0 Å². The largest absolute Gasteiger partial charge is 0.337 e. The molecule has 3 aliphatic rings. The van der Waals surface area contributed by atoms with Crippen molar-refractivity contribution in [3.8, 4) is 0 Å². The highest BCUT2D eigenvalue weighted by molar-refractivity contribution is 5.94. The van der Waals surface area contributed by atoms with Crippen LogP contribution < -0.4 is 5.32 Å². The first kappa shape index (κ1) is 16.4. The standard InChI is InChI=1S/C20H27N3O2/c24-19(15-7-3-1-4-8-15)22-12-11-16-13-23(18(16)14-22)20(25)21-17-9-5-2-6-10-17/h1,3-4,7-8,16-18H,2,5-6,9-14H2,(H,21,25)/t16-,18-/m1/s1. The third kappa shape index (κ3) is 3.37. The zero-order valence-electron chi connectivity index (χ0n) is 14.7. The fourth-order valence-electron chi connectivity index (χ4n) is 4.48. The lowest BCUT2D eigenvalue weighted by molar-refractivity contribution is -0.0110. The number of benzene rings is 1. The molecule has 1 saturated carbocycles. The Labute approximate surface area is 149 Å². The molecule has 3 amide bonds. The molecule has 5 nitrogen and oxygen atoms in total. The number of hydrogen-bond donors (Lipinski definition) is 1. The van der Waals surface area contributed by atoms with E-state index in [1.807, 2.05) is 40.1 Å². The van der Waals surface area contributed by atoms with Crippen molar-refractivity contribution in [3.05, 3.63) is 35.9 Å². The lowest BCUT2D eigenvalue weighted by Crippen LogP contribution is -2.68. The van der Waals surface area contributed by atoms with E-state index in [9.17, 15) is 9.59 Å². The van der Waals surface area contributed by atoms with Gasteiger partial charge in [-0.1, -0.05) is 37.5 Å². The minimum absolute atomic E-state index is 0.0714. The maximum Gasteiger partial charge on any atom is 0.317 e. The Morgan fingerprint density at radius 3 is 2.48 bits per heavy atom. The van der Waals surface area contributed by atoms with Gasteiger partial charge in [0.25, 0.3) is 5.91 Å². The lowest BCUT2D eigenvalue weighted by atomic mass is 9.82. The van der Waals surface area contributed by atoms with Crippen LogP contribution >= 0.6 is 0 Å². The van der Waals surface area contributed by atoms with Crippen LogP contribution in [0.2, 0.25) is 0 Å². The summed E-state index contributed by atoms with van der Waals surface area (Å²) in [4.78, 5) is 29.1. The van der Waals surface area contributed by atoms with Crippen LogP contribution in [0.1, 0.15) is 48.9 Å². The van der Waals surface area contributed by atoms with Gasteiger partial charge in [0, 0.05) is 37.2 Å². The molecule has 0 aromatic heterocycles. The molecule has 25 heavy (non-hydrogen) atoms. The summed E-state index contributed by atoms with van der Waals surface area (Å²) in [7, 11) is 0. The number of fused-ring (bicyclic) bond motifs is 1. The summed E-state index contributed by atoms with van der Waals surface area (Å²) in [5.74, 6) is 0.635. The topological polar surface area (TPSA) is 52.7 Å². The smallest absolute Gasteiger partial charge is 0.317 e. The summed E-state index contributed by atoms with van der Waals surface area (Å²) in [6.45, 7) is 2.31. The van der Waals surface area contributed by atoms with Gasteiger partial charge in [-0.2, -0.15) is 0 Å². The molecule has 1 N–H and O–H groups in total. The molecule has 2 saturated heterocycles. The fourth-order valence-corrected chi connectivity index (χ4v) is 4.48. The highest BCUT2D eigenvalue weighted by Gasteiger charge is 2.46. The number of nitrogens with zero attached hydrogens (tertiary/aromatic N) is 2. The minimum atomic E-state index is 0.0714. The van der Waals surface area contributed by atoms with Crippen LogP contribution in [0.15, 0.2) is 30.3 Å². The van der Waals surface area contributed by atoms with Crippen molar-refractivity contribution in [2.24, 2.45) is 5.92 Å². The quantitative estimate of drug-likeness (QED) is 0.899. The molecule has 2 atom stereocenters. The highest BCUT2D eigenvalue weighted by Crippen LogP contribution is 2.33. The number of amides is 3. The van der Waals surface area contributed by atoms with Crippen LogP contribution in [0.25, 0.3) is 0 Å². The van der Waals surface area contributed by atoms with Crippen molar-refractivity contribution < 1.29 is 9.59 Å². The molecule has 5 heteroatoms. The van der Waals surface area contributed by atoms with E-state index in [0.29, 0.717) is 18.5 Å². The molecule has 134 valence electrons. The van der Waals surface area contributed by atoms with Crippen molar-refractivity contribution in [2.75, 3.05) is 19.6 Å². The van der Waals surface area contributed by atoms with Crippen LogP contribution in [-0.4, -0.2) is 53.5 Å². The van der Waals surface area contributed by atoms with Gasteiger partial charge < -0.3 is 15.1 Å². The molecule has 0 spiro atoms. The monoisotopic (exact) mass is 341 g/mol. The van der Waals surface area contributed by atoms with Crippen LogP contribution in [0.5, 0.6) is 0 Å². The molecule has 1 aliphatic carbocycles. The first-order valence-electron chi connectivity index (χ1n) is 9.64. The number of hydrogen-bond acceptors (Lipinski definition) is 2. The molecule has 2 heterocycles. The van der Waals surface area contributed by atoms with E-state index in [0.717, 1.165) is 37.9 Å². The third-order valence-electron chi connectivity index (χ3n) is 6.05. The lowest BCUT2D eigenvalue weighted by Gasteiger charge is -2.53. The number of likely N-dealkylation sites (tertiary alicyclic amines) is 2. The normalized spacial score (nSPS) is 26.6. The van der Waals surface area contributed by atoms with Crippen LogP contribution in [0.4, 0.5) is 4.79 Å². The average molecular weight is 341 g/mol. The highest BCUT2D eigenvalue weighted by atomic mass is 16.2. The molecule has 2 aliphatic heterocycles. The number of carbonyl (C=O) groups is 2. The Morgan fingerprint density at radius 2 is 1.72 bits per heavy atom. The Hall–Kier alpha value is -2.04. The summed E-state index contributed by atoms with van der Waals surface area (Å²) in [5.41, 5.74) is 0.735. The Bertz CT molecular complexity index is 627. The van der Waals surface area contributed by atoms with Gasteiger partial charge in [0.15, 0.2) is 0 Å². The molecule has 4 rings (SSSR count). The van der Waals surface area contributed by atoms with Gasteiger partial charge in [-0.15, -0.1) is 0 Å². The second-order valence-corrected chi connectivity index (χ2v) is 7.67. The second-order valence-electron chi connectivity index (χ2n) is 7.67. The number of rotatable bonds is 2. The average Bonchev–Trinajstić information content (AvgIpc) is 2.64. The van der Waals surface area contributed by atoms with Gasteiger partial charge in [0.05, 0.1) is 6.04 Å². The van der Waals surface area contributed by atoms with Crippen molar-refractivity contribution in [1.82, 2.24) is 15.1 Å². The van der Waals surface area contributed by atoms with Crippen molar-refractivity contribution >= 4 is 11.9 Å². The van der Waals surface area contributed by atoms with Gasteiger partial charge in [-0.25, -0.2) is 4.79 Å². The summed E-state index contributed by atoms with van der Waals surface area (Å²) in [6, 6.07) is 10.0. The van der Waals surface area contributed by atoms with E-state index in [2.05, 4.69) is 5.32 Å². The summed E-state index contributed by atoms with van der Waals surface area (Å²) in [6.07, 6.45) is 6.93. The van der Waals surface area contributed by atoms with E-state index in [4.69, 9.17) is 0 Å². The molecule has 0 bridgehead atoms. The summed E-state index contributed by atoms with van der Waals surface area (Å²) < 4.78 is 0. The Kier molecular flexibility index (Phi) is 4.64. The van der Waals surface area contributed by atoms with E-state index >= 15 is 0 Å². The molecule has 0 radical (unpaired) electrons. The zero-order valence-corrected chi connectivity index (χ0v) is 14.7. The van der Waals surface area contributed by atoms with E-state index in [1.165, 1.54) is 19.3 Å². The van der Waals surface area contributed by atoms with E-state index < -0.39 is 0 Å². The molecule has 1 aromatic rings. The van der Waals surface area contributed by atoms with E-state index in [-0.39, 0.29) is 18.0 Å². The SMILES string of the molecule is O=C(c1ccccc1)N1CC[C@@H]2CN(C(=O)NC3CCCCC3)[C@@H]2C1. The predicted octanol–water partition coefficient (Wildman–Crippen LogP) is 2.88. The molecule has 3 fully saturated rings. The van der Waals surface area contributed by atoms with Crippen molar-refractivity contribution in [3.63, 3.8) is 0 Å². The summed E-state index contributed by atoms with van der Waals surface area (Å²) >= 11 is 0. The minimum Gasteiger partial charge on any atom is -0.337 e. The third-order valence-corrected chi connectivity index (χ3v) is 6.05.